The molecule has 2 aliphatic rings. The van der Waals surface area contributed by atoms with E-state index in [0.29, 0.717) is 36.9 Å². The second-order valence-corrected chi connectivity index (χ2v) is 8.32. The predicted octanol–water partition coefficient (Wildman–Crippen LogP) is 3.36. The molecular formula is C24H29N3O4. The minimum absolute atomic E-state index is 0.0102. The number of hydrogen-bond donors (Lipinski definition) is 2. The van der Waals surface area contributed by atoms with Crippen molar-refractivity contribution >= 4 is 23.2 Å². The first-order valence-corrected chi connectivity index (χ1v) is 10.8. The molecular weight excluding hydrogens is 394 g/mol. The Balaban J connectivity index is 1.24. The molecule has 2 heterocycles. The van der Waals surface area contributed by atoms with Crippen molar-refractivity contribution in [2.45, 2.75) is 26.7 Å². The topological polar surface area (TPSA) is 79.9 Å². The van der Waals surface area contributed by atoms with Crippen LogP contribution in [-0.2, 0) is 9.59 Å². The Labute approximate surface area is 182 Å². The second-order valence-electron chi connectivity index (χ2n) is 8.32. The fourth-order valence-corrected chi connectivity index (χ4v) is 4.17. The lowest BCUT2D eigenvalue weighted by Gasteiger charge is -2.30. The molecule has 2 N–H and O–H groups in total. The van der Waals surface area contributed by atoms with Crippen molar-refractivity contribution in [3.8, 4) is 11.5 Å². The summed E-state index contributed by atoms with van der Waals surface area (Å²) in [7, 11) is 0. The van der Waals surface area contributed by atoms with Gasteiger partial charge in [0.05, 0.1) is 6.54 Å². The van der Waals surface area contributed by atoms with E-state index in [0.717, 1.165) is 42.7 Å². The zero-order chi connectivity index (χ0) is 21.8. The molecule has 0 radical (unpaired) electrons. The fourth-order valence-electron chi connectivity index (χ4n) is 4.17. The smallest absolute Gasteiger partial charge is 0.238 e. The Morgan fingerprint density at radius 1 is 0.903 bits per heavy atom. The lowest BCUT2D eigenvalue weighted by molar-refractivity contribution is -0.121. The number of amides is 2. The van der Waals surface area contributed by atoms with Crippen LogP contribution in [0.4, 0.5) is 11.4 Å². The maximum absolute atomic E-state index is 12.7. The number of carbonyl (C=O) groups excluding carboxylic acids is 2. The van der Waals surface area contributed by atoms with Crippen LogP contribution in [0.3, 0.4) is 0 Å². The molecule has 1 fully saturated rings. The van der Waals surface area contributed by atoms with Crippen LogP contribution in [-0.4, -0.2) is 49.6 Å². The van der Waals surface area contributed by atoms with Gasteiger partial charge in [-0.25, -0.2) is 0 Å². The molecule has 31 heavy (non-hydrogen) atoms. The third kappa shape index (κ3) is 5.55. The molecule has 164 valence electrons. The monoisotopic (exact) mass is 423 g/mol. The van der Waals surface area contributed by atoms with Gasteiger partial charge in [0.25, 0.3) is 0 Å². The molecule has 0 atom stereocenters. The van der Waals surface area contributed by atoms with Gasteiger partial charge >= 0.3 is 0 Å². The molecule has 0 spiro atoms. The third-order valence-corrected chi connectivity index (χ3v) is 5.64. The number of rotatable bonds is 5. The number of aryl methyl sites for hydroxylation is 2. The van der Waals surface area contributed by atoms with Crippen LogP contribution in [0.5, 0.6) is 11.5 Å². The van der Waals surface area contributed by atoms with Crippen molar-refractivity contribution in [2.24, 2.45) is 5.92 Å². The summed E-state index contributed by atoms with van der Waals surface area (Å²) in [5.74, 6) is 1.29. The molecule has 4 rings (SSSR count). The number of nitrogens with zero attached hydrogens (tertiary/aromatic N) is 1. The molecule has 7 heteroatoms. The van der Waals surface area contributed by atoms with Crippen LogP contribution in [0.25, 0.3) is 0 Å². The van der Waals surface area contributed by atoms with Crippen molar-refractivity contribution < 1.29 is 19.1 Å². The molecule has 2 aromatic carbocycles. The maximum Gasteiger partial charge on any atom is 0.238 e. The van der Waals surface area contributed by atoms with Crippen LogP contribution < -0.4 is 20.1 Å². The number of nitrogens with one attached hydrogen (secondary N) is 2. The summed E-state index contributed by atoms with van der Waals surface area (Å²) in [5, 5.41) is 5.97. The number of anilines is 2. The Kier molecular flexibility index (Phi) is 6.42. The van der Waals surface area contributed by atoms with Crippen molar-refractivity contribution in [3.05, 3.63) is 47.5 Å². The number of hydrogen-bond acceptors (Lipinski definition) is 5. The SMILES string of the molecule is Cc1cc(C)cc(NC(=O)CN2CCC(C(=O)Nc3ccc4c(c3)OCCO4)CC2)c1. The lowest BCUT2D eigenvalue weighted by atomic mass is 9.95. The Hall–Kier alpha value is -3.06. The molecule has 2 amide bonds. The van der Waals surface area contributed by atoms with E-state index in [1.54, 1.807) is 6.07 Å². The van der Waals surface area contributed by atoms with Crippen molar-refractivity contribution in [1.82, 2.24) is 4.90 Å². The minimum atomic E-state index is -0.0630. The number of benzene rings is 2. The summed E-state index contributed by atoms with van der Waals surface area (Å²) in [6.07, 6.45) is 1.46. The molecule has 1 saturated heterocycles. The Bertz CT molecular complexity index is 947. The molecule has 0 unspecified atom stereocenters. The highest BCUT2D eigenvalue weighted by Crippen LogP contribution is 2.33. The zero-order valence-corrected chi connectivity index (χ0v) is 18.1. The van der Waals surface area contributed by atoms with Crippen LogP contribution >= 0.6 is 0 Å². The van der Waals surface area contributed by atoms with E-state index in [1.165, 1.54) is 0 Å². The molecule has 0 aliphatic carbocycles. The normalized spacial score (nSPS) is 16.6. The highest BCUT2D eigenvalue weighted by molar-refractivity contribution is 5.93. The van der Waals surface area contributed by atoms with Crippen molar-refractivity contribution in [2.75, 3.05) is 43.5 Å². The van der Waals surface area contributed by atoms with Gasteiger partial charge in [0, 0.05) is 23.4 Å². The van der Waals surface area contributed by atoms with Gasteiger partial charge < -0.3 is 20.1 Å². The molecule has 0 aromatic heterocycles. The summed E-state index contributed by atoms with van der Waals surface area (Å²) in [6.45, 7) is 6.87. The van der Waals surface area contributed by atoms with Crippen molar-refractivity contribution in [3.63, 3.8) is 0 Å². The predicted molar refractivity (Wildman–Crippen MR) is 120 cm³/mol. The summed E-state index contributed by atoms with van der Waals surface area (Å²) in [5.41, 5.74) is 3.79. The maximum atomic E-state index is 12.7. The van der Waals surface area contributed by atoms with E-state index in [1.807, 2.05) is 38.1 Å². The average Bonchev–Trinajstić information content (AvgIpc) is 2.73. The average molecular weight is 424 g/mol. The van der Waals surface area contributed by atoms with Gasteiger partial charge in [0.1, 0.15) is 13.2 Å². The molecule has 0 saturated carbocycles. The van der Waals surface area contributed by atoms with Gasteiger partial charge in [-0.3, -0.25) is 14.5 Å². The highest BCUT2D eigenvalue weighted by atomic mass is 16.6. The van der Waals surface area contributed by atoms with Crippen LogP contribution in [0, 0.1) is 19.8 Å². The summed E-state index contributed by atoms with van der Waals surface area (Å²) < 4.78 is 11.1. The summed E-state index contributed by atoms with van der Waals surface area (Å²) in [4.78, 5) is 27.2. The summed E-state index contributed by atoms with van der Waals surface area (Å²) in [6, 6.07) is 11.5. The van der Waals surface area contributed by atoms with E-state index in [-0.39, 0.29) is 17.7 Å². The van der Waals surface area contributed by atoms with E-state index >= 15 is 0 Å². The first kappa shape index (κ1) is 21.2. The largest absolute Gasteiger partial charge is 0.486 e. The number of ether oxygens (including phenoxy) is 2. The summed E-state index contributed by atoms with van der Waals surface area (Å²) >= 11 is 0. The number of carbonyl (C=O) groups is 2. The lowest BCUT2D eigenvalue weighted by Crippen LogP contribution is -2.41. The molecule has 0 bridgehead atoms. The van der Waals surface area contributed by atoms with E-state index in [4.69, 9.17) is 9.47 Å². The van der Waals surface area contributed by atoms with Gasteiger partial charge in [-0.15, -0.1) is 0 Å². The highest BCUT2D eigenvalue weighted by Gasteiger charge is 2.26. The minimum Gasteiger partial charge on any atom is -0.486 e. The van der Waals surface area contributed by atoms with E-state index < -0.39 is 0 Å². The van der Waals surface area contributed by atoms with E-state index in [9.17, 15) is 9.59 Å². The molecule has 7 nitrogen and oxygen atoms in total. The first-order chi connectivity index (χ1) is 15.0. The molecule has 2 aromatic rings. The Morgan fingerprint density at radius 2 is 1.58 bits per heavy atom. The van der Waals surface area contributed by atoms with Crippen LogP contribution in [0.15, 0.2) is 36.4 Å². The molecule has 2 aliphatic heterocycles. The third-order valence-electron chi connectivity index (χ3n) is 5.64. The van der Waals surface area contributed by atoms with Crippen LogP contribution in [0.1, 0.15) is 24.0 Å². The fraction of sp³-hybridized carbons (Fsp3) is 0.417. The number of piperidine rings is 1. The van der Waals surface area contributed by atoms with Gasteiger partial charge in [-0.05, 0) is 75.2 Å². The van der Waals surface area contributed by atoms with Crippen LogP contribution in [0.2, 0.25) is 0 Å². The second kappa shape index (κ2) is 9.39. The number of fused-ring (bicyclic) bond motifs is 1. The van der Waals surface area contributed by atoms with Gasteiger partial charge in [0.15, 0.2) is 11.5 Å². The van der Waals surface area contributed by atoms with Crippen molar-refractivity contribution in [1.29, 1.82) is 0 Å². The van der Waals surface area contributed by atoms with E-state index in [2.05, 4.69) is 21.6 Å². The standard InChI is InChI=1S/C24H29N3O4/c1-16-11-17(2)13-20(12-16)25-23(28)15-27-7-5-18(6-8-27)24(29)26-19-3-4-21-22(14-19)31-10-9-30-21/h3-4,11-14,18H,5-10,15H2,1-2H3,(H,25,28)(H,26,29). The number of likely N-dealkylation sites (tertiary alicyclic amines) is 1. The van der Waals surface area contributed by atoms with Gasteiger partial charge in [0.2, 0.25) is 11.8 Å². The quantitative estimate of drug-likeness (QED) is 0.771. The van der Waals surface area contributed by atoms with Gasteiger partial charge in [-0.2, -0.15) is 0 Å². The van der Waals surface area contributed by atoms with Gasteiger partial charge in [-0.1, -0.05) is 6.07 Å². The zero-order valence-electron chi connectivity index (χ0n) is 18.1. The first-order valence-electron chi connectivity index (χ1n) is 10.8. The Morgan fingerprint density at radius 3 is 2.29 bits per heavy atom.